The van der Waals surface area contributed by atoms with E-state index >= 15 is 0 Å². The van der Waals surface area contributed by atoms with E-state index in [0.29, 0.717) is 40.9 Å². The Bertz CT molecular complexity index is 6310. The van der Waals surface area contributed by atoms with Crippen LogP contribution in [0, 0.1) is 73.1 Å². The zero-order valence-electron chi connectivity index (χ0n) is 75.5. The Kier molecular flexibility index (Phi) is 21.8. The average Bonchev–Trinajstić information content (AvgIpc) is 1.65. The molecule has 0 N–H and O–H groups in total. The summed E-state index contributed by atoms with van der Waals surface area (Å²) < 4.78 is 66.4. The molecule has 16 rings (SSSR count). The van der Waals surface area contributed by atoms with Crippen LogP contribution in [-0.2, 0) is 60.3 Å². The van der Waals surface area contributed by atoms with E-state index in [1.165, 1.54) is 67.2 Å². The molecule has 0 bridgehead atoms. The zero-order valence-corrected chi connectivity index (χ0v) is 71.5. The molecule has 582 valence electrons. The highest BCUT2D eigenvalue weighted by Gasteiger charge is 2.29. The Balaban J connectivity index is 0.000000136. The number of aryl methyl sites for hydroxylation is 14. The number of benzene rings is 4. The van der Waals surface area contributed by atoms with Crippen LogP contribution in [0.1, 0.15) is 210 Å². The van der Waals surface area contributed by atoms with Crippen LogP contribution >= 0.6 is 0 Å². The minimum absolute atomic E-state index is 0.196. The third kappa shape index (κ3) is 16.1. The van der Waals surface area contributed by atoms with E-state index in [0.717, 1.165) is 171 Å². The highest BCUT2D eigenvalue weighted by molar-refractivity contribution is 6.12. The first-order chi connectivity index (χ1) is 55.3. The third-order valence-corrected chi connectivity index (χ3v) is 22.4. The molecule has 0 saturated carbocycles. The van der Waals surface area contributed by atoms with Gasteiger partial charge in [-0.25, -0.2) is 38.2 Å². The van der Waals surface area contributed by atoms with Crippen molar-refractivity contribution in [2.45, 2.75) is 202 Å². The summed E-state index contributed by atoms with van der Waals surface area (Å²) in [5.74, 6) is 1.52. The predicted molar refractivity (Wildman–Crippen MR) is 467 cm³/mol. The van der Waals surface area contributed by atoms with Gasteiger partial charge in [-0.2, -0.15) is 0 Å². The lowest BCUT2D eigenvalue weighted by molar-refractivity contribution is -0.661. The van der Waals surface area contributed by atoms with E-state index in [2.05, 4.69) is 275 Å². The monoisotopic (exact) mass is 1510 g/mol. The molecular formula is C101H118N8O4+4. The van der Waals surface area contributed by atoms with Gasteiger partial charge in [0.25, 0.3) is 0 Å². The first-order valence-electron chi connectivity index (χ1n) is 42.6. The van der Waals surface area contributed by atoms with E-state index in [9.17, 15) is 0 Å². The number of furan rings is 4. The lowest BCUT2D eigenvalue weighted by atomic mass is 9.94. The molecule has 12 heterocycles. The van der Waals surface area contributed by atoms with Gasteiger partial charge in [0.15, 0.2) is 47.1 Å². The van der Waals surface area contributed by atoms with E-state index in [1.807, 2.05) is 42.8 Å². The van der Waals surface area contributed by atoms with Crippen molar-refractivity contribution in [3.05, 3.63) is 236 Å². The van der Waals surface area contributed by atoms with Crippen LogP contribution in [-0.4, -0.2) is 19.9 Å². The van der Waals surface area contributed by atoms with Crippen molar-refractivity contribution in [3.63, 3.8) is 0 Å². The Labute approximate surface area is 674 Å². The van der Waals surface area contributed by atoms with Gasteiger partial charge in [-0.15, -0.1) is 0 Å². The standard InChI is InChI=1S/C26H31N2O.3C25H29N2O/c1-15(2)12-19-14-28(7)23(13-18(19)6)24-17(5)8-9-20-21-10-11-22(16(3)4)27-26(21)29-25(20)24;1-14(2)20-12-22(27(7)13-17(20)6)23-16(5)8-9-18-19-10-11-21(15(3)4)26-25(19)28-24(18)23;2*1-7-19-9-11-21-20-10-8-16(4)23(24(20)28-25(21)26-19)22-13-17(5)18(12-15(2)3)14-27(22)6/h8-11,13-16H,12H2,1-7H3;8-15H,1-7H3;2*8-11,13-15H,7,12H2,1-6H3/q4*+1/i;6D3,14D;;. The topological polar surface area (TPSA) is 120 Å². The summed E-state index contributed by atoms with van der Waals surface area (Å²) in [5.41, 5.74) is 32.7. The SMILES string of the molecule is CCc1ccc2c(n1)oc1c(-c3cc(C)c(CC(C)C)c[n+]3C)c(C)ccc12.CCc1ccc2c(n1)oc1c(-c3cc(C)c(CC(C)C)c[n+]3C)c(C)ccc12.Cc1cc(-c2c(C)ccc3c2oc2nc(C(C)C)ccc23)[n+](C)cc1CC(C)C.[2H]C([2H])([2H])c1c[n+](C)c(-c2c(C)ccc3c2oc2nc(C(C)C)ccc23)cc1C([2H])(C)C. The van der Waals surface area contributed by atoms with Gasteiger partial charge in [-0.3, -0.25) is 0 Å². The summed E-state index contributed by atoms with van der Waals surface area (Å²) >= 11 is 0. The molecule has 0 spiro atoms. The lowest BCUT2D eigenvalue weighted by Gasteiger charge is -2.12. The van der Waals surface area contributed by atoms with E-state index in [-0.39, 0.29) is 5.56 Å². The second-order valence-corrected chi connectivity index (χ2v) is 33.8. The molecule has 12 aromatic heterocycles. The molecule has 0 aliphatic carbocycles. The molecule has 16 aromatic rings. The lowest BCUT2D eigenvalue weighted by Crippen LogP contribution is -2.32. The normalized spacial score (nSPS) is 12.7. The molecule has 4 aromatic carbocycles. The van der Waals surface area contributed by atoms with Crippen molar-refractivity contribution < 1.29 is 41.4 Å². The largest absolute Gasteiger partial charge is 0.437 e. The minimum atomic E-state index is -2.30. The van der Waals surface area contributed by atoms with Crippen molar-refractivity contribution >= 4 is 88.3 Å². The molecule has 0 radical (unpaired) electrons. The van der Waals surface area contributed by atoms with Gasteiger partial charge in [0, 0.05) is 118 Å². The number of rotatable bonds is 15. The molecule has 0 amide bonds. The number of pyridine rings is 8. The van der Waals surface area contributed by atoms with Crippen LogP contribution in [0.5, 0.6) is 0 Å². The van der Waals surface area contributed by atoms with Crippen molar-refractivity contribution in [1.29, 1.82) is 0 Å². The summed E-state index contributed by atoms with van der Waals surface area (Å²) in [6, 6.07) is 42.7. The quantitative estimate of drug-likeness (QED) is 0.0931. The van der Waals surface area contributed by atoms with Crippen molar-refractivity contribution in [2.24, 2.45) is 45.9 Å². The molecule has 0 unspecified atom stereocenters. The Hall–Kier alpha value is -10.7. The molecule has 0 aliphatic rings. The fourth-order valence-electron chi connectivity index (χ4n) is 16.1. The summed E-state index contributed by atoms with van der Waals surface area (Å²) in [5, 5.41) is 8.58. The predicted octanol–water partition coefficient (Wildman–Crippen LogP) is 24.4. The second kappa shape index (κ2) is 32.8. The van der Waals surface area contributed by atoms with Crippen LogP contribution in [0.2, 0.25) is 0 Å². The van der Waals surface area contributed by atoms with Gasteiger partial charge in [0.05, 0.1) is 22.3 Å². The molecule has 0 atom stereocenters. The molecule has 12 nitrogen and oxygen atoms in total. The Morgan fingerprint density at radius 2 is 0.602 bits per heavy atom. The van der Waals surface area contributed by atoms with E-state index < -0.39 is 12.7 Å². The third-order valence-electron chi connectivity index (χ3n) is 22.4. The van der Waals surface area contributed by atoms with E-state index in [4.69, 9.17) is 43.1 Å². The zero-order chi connectivity index (χ0) is 84.5. The fraction of sp³-hybridized carbons (Fsp3) is 0.366. The maximum atomic E-state index is 8.60. The molecular weight excluding hydrogens is 1390 g/mol. The van der Waals surface area contributed by atoms with E-state index in [1.54, 1.807) is 20.0 Å². The number of hydrogen-bond donors (Lipinski definition) is 0. The maximum absolute atomic E-state index is 8.60. The number of fused-ring (bicyclic) bond motifs is 12. The first-order valence-corrected chi connectivity index (χ1v) is 40.6. The van der Waals surface area contributed by atoms with Gasteiger partial charge in [-0.1, -0.05) is 145 Å². The Morgan fingerprint density at radius 3 is 0.876 bits per heavy atom. The fourth-order valence-corrected chi connectivity index (χ4v) is 16.1. The summed E-state index contributed by atoms with van der Waals surface area (Å²) in [4.78, 5) is 18.9. The van der Waals surface area contributed by atoms with Crippen molar-refractivity contribution in [3.8, 4) is 45.0 Å². The van der Waals surface area contributed by atoms with Gasteiger partial charge in [-0.05, 0) is 216 Å². The van der Waals surface area contributed by atoms with Gasteiger partial charge in [0.2, 0.25) is 45.6 Å². The Morgan fingerprint density at radius 1 is 0.327 bits per heavy atom. The molecule has 0 aliphatic heterocycles. The van der Waals surface area contributed by atoms with Crippen LogP contribution in [0.3, 0.4) is 0 Å². The second-order valence-electron chi connectivity index (χ2n) is 33.8. The van der Waals surface area contributed by atoms with Crippen LogP contribution < -0.4 is 18.3 Å². The molecule has 0 saturated heterocycles. The minimum Gasteiger partial charge on any atom is -0.437 e. The van der Waals surface area contributed by atoms with Crippen LogP contribution in [0.25, 0.3) is 133 Å². The molecule has 0 fully saturated rings. The summed E-state index contributed by atoms with van der Waals surface area (Å²) in [7, 11) is 8.23. The van der Waals surface area contributed by atoms with Crippen LogP contribution in [0.4, 0.5) is 0 Å². The molecule has 113 heavy (non-hydrogen) atoms. The maximum Gasteiger partial charge on any atom is 0.227 e. The van der Waals surface area contributed by atoms with Gasteiger partial charge < -0.3 is 17.7 Å². The van der Waals surface area contributed by atoms with Gasteiger partial charge in [0.1, 0.15) is 28.2 Å². The smallest absolute Gasteiger partial charge is 0.227 e. The number of nitrogens with zero attached hydrogens (tertiary/aromatic N) is 8. The highest BCUT2D eigenvalue weighted by atomic mass is 16.4. The highest BCUT2D eigenvalue weighted by Crippen LogP contribution is 2.43. The average molecular weight is 1510 g/mol. The van der Waals surface area contributed by atoms with Crippen molar-refractivity contribution in [1.82, 2.24) is 19.9 Å². The number of aromatic nitrogens is 8. The summed E-state index contributed by atoms with van der Waals surface area (Å²) in [6.45, 7) is 42.6. The first kappa shape index (κ1) is 75.0. The molecule has 12 heteroatoms. The number of hydrogen-bond acceptors (Lipinski definition) is 8. The van der Waals surface area contributed by atoms with Gasteiger partial charge >= 0.3 is 0 Å². The van der Waals surface area contributed by atoms with Crippen LogP contribution in [0.15, 0.2) is 164 Å². The van der Waals surface area contributed by atoms with Crippen molar-refractivity contribution in [2.75, 3.05) is 0 Å². The summed E-state index contributed by atoms with van der Waals surface area (Å²) in [6.07, 6.45) is 13.6.